The lowest BCUT2D eigenvalue weighted by Crippen LogP contribution is -2.50. The van der Waals surface area contributed by atoms with Crippen LogP contribution in [-0.2, 0) is 16.3 Å². The molecule has 32 heavy (non-hydrogen) atoms. The van der Waals surface area contributed by atoms with Crippen LogP contribution in [0.2, 0.25) is 0 Å². The summed E-state index contributed by atoms with van der Waals surface area (Å²) in [5.74, 6) is -0.292. The van der Waals surface area contributed by atoms with Crippen molar-refractivity contribution in [1.82, 2.24) is 4.98 Å². The van der Waals surface area contributed by atoms with E-state index in [0.29, 0.717) is 21.4 Å². The molecule has 0 unspecified atom stereocenters. The number of halogens is 1. The monoisotopic (exact) mass is 507 g/mol. The Balaban J connectivity index is 1.74. The topological polar surface area (TPSA) is 73.3 Å². The van der Waals surface area contributed by atoms with Crippen LogP contribution in [0.25, 0.3) is 10.8 Å². The highest BCUT2D eigenvalue weighted by Crippen LogP contribution is 2.46. The van der Waals surface area contributed by atoms with Gasteiger partial charge in [0.2, 0.25) is 15.6 Å². The molecule has 3 aromatic carbocycles. The van der Waals surface area contributed by atoms with Crippen LogP contribution in [0.3, 0.4) is 0 Å². The summed E-state index contributed by atoms with van der Waals surface area (Å²) < 4.78 is 34.7. The third-order valence-corrected chi connectivity index (χ3v) is 8.30. The van der Waals surface area contributed by atoms with Gasteiger partial charge in [-0.3, -0.25) is 4.79 Å². The van der Waals surface area contributed by atoms with Crippen LogP contribution in [-0.4, -0.2) is 24.1 Å². The second-order valence-corrected chi connectivity index (χ2v) is 10.7. The quantitative estimate of drug-likeness (QED) is 0.350. The normalized spacial score (nSPS) is 17.9. The third-order valence-electron chi connectivity index (χ3n) is 5.69. The van der Waals surface area contributed by atoms with Crippen molar-refractivity contribution in [3.8, 4) is 5.75 Å². The molecule has 0 amide bonds. The number of pyridine rings is 1. The van der Waals surface area contributed by atoms with Crippen LogP contribution >= 0.6 is 15.9 Å². The van der Waals surface area contributed by atoms with Gasteiger partial charge in [-0.15, -0.1) is 0 Å². The smallest absolute Gasteiger partial charge is 0.280 e. The van der Waals surface area contributed by atoms with E-state index in [0.717, 1.165) is 10.9 Å². The summed E-state index contributed by atoms with van der Waals surface area (Å²) in [5, 5.41) is 1.56. The van der Waals surface area contributed by atoms with E-state index < -0.39 is 20.6 Å². The molecule has 1 aliphatic rings. The number of aryl methyl sites for hydroxylation is 1. The molecule has 4 aromatic rings. The van der Waals surface area contributed by atoms with E-state index in [1.807, 2.05) is 31.2 Å². The highest BCUT2D eigenvalue weighted by molar-refractivity contribution is 9.10. The van der Waals surface area contributed by atoms with Crippen LogP contribution in [0.15, 0.2) is 88.4 Å². The number of ketones is 1. The first-order chi connectivity index (χ1) is 15.3. The van der Waals surface area contributed by atoms with Gasteiger partial charge in [0.25, 0.3) is 4.93 Å². The zero-order valence-corrected chi connectivity index (χ0v) is 19.5. The fourth-order valence-electron chi connectivity index (χ4n) is 4.03. The molecule has 5 rings (SSSR count). The molecule has 0 N–H and O–H groups in total. The molecule has 5 nitrogen and oxygen atoms in total. The highest BCUT2D eigenvalue weighted by atomic mass is 79.9. The Morgan fingerprint density at radius 2 is 1.69 bits per heavy atom. The predicted octanol–water partition coefficient (Wildman–Crippen LogP) is 5.29. The van der Waals surface area contributed by atoms with Crippen molar-refractivity contribution in [2.24, 2.45) is 0 Å². The first-order valence-corrected chi connectivity index (χ1v) is 12.3. The first-order valence-electron chi connectivity index (χ1n) is 10.0. The minimum Gasteiger partial charge on any atom is -0.461 e. The van der Waals surface area contributed by atoms with Crippen molar-refractivity contribution in [3.05, 3.63) is 100 Å². The highest BCUT2D eigenvalue weighted by Gasteiger charge is 2.59. The second-order valence-electron chi connectivity index (χ2n) is 7.79. The van der Waals surface area contributed by atoms with Gasteiger partial charge in [0.05, 0.1) is 16.9 Å². The summed E-state index contributed by atoms with van der Waals surface area (Å²) in [4.78, 5) is 16.1. The summed E-state index contributed by atoms with van der Waals surface area (Å²) in [6.07, 6.45) is -0.218. The van der Waals surface area contributed by atoms with Gasteiger partial charge in [-0.05, 0) is 58.6 Å². The van der Waals surface area contributed by atoms with E-state index in [2.05, 4.69) is 20.9 Å². The number of fused-ring (bicyclic) bond motifs is 3. The Hall–Kier alpha value is -3.03. The summed E-state index contributed by atoms with van der Waals surface area (Å²) in [6.45, 7) is 1.87. The molecule has 0 radical (unpaired) electrons. The second kappa shape index (κ2) is 7.53. The van der Waals surface area contributed by atoms with Crippen molar-refractivity contribution < 1.29 is 17.9 Å². The number of nitrogens with zero attached hydrogens (tertiary/aromatic N) is 1. The van der Waals surface area contributed by atoms with E-state index in [9.17, 15) is 13.2 Å². The lowest BCUT2D eigenvalue weighted by Gasteiger charge is -2.27. The molecule has 0 saturated heterocycles. The number of hydrogen-bond donors (Lipinski definition) is 0. The predicted molar refractivity (Wildman–Crippen MR) is 126 cm³/mol. The van der Waals surface area contributed by atoms with E-state index in [-0.39, 0.29) is 16.9 Å². The molecule has 0 bridgehead atoms. The standard InChI is InChI=1S/C25H18BrNO4S/c1-16-9-12-19(13-10-16)32(29,30)25(15-18-6-4-8-22(26)27-18)24(28)21-14-11-17-5-2-3-7-20(17)23(21)31-25/h2-14H,15H2,1H3/t25-/m1/s1. The van der Waals surface area contributed by atoms with Crippen molar-refractivity contribution in [2.45, 2.75) is 23.2 Å². The zero-order chi connectivity index (χ0) is 22.5. The Morgan fingerprint density at radius 3 is 2.44 bits per heavy atom. The van der Waals surface area contributed by atoms with Crippen LogP contribution in [0.1, 0.15) is 21.6 Å². The van der Waals surface area contributed by atoms with Gasteiger partial charge in [0.15, 0.2) is 0 Å². The van der Waals surface area contributed by atoms with Gasteiger partial charge in [-0.1, -0.05) is 54.1 Å². The number of rotatable bonds is 4. The summed E-state index contributed by atoms with van der Waals surface area (Å²) in [7, 11) is -4.24. The number of carbonyl (C=O) groups is 1. The lowest BCUT2D eigenvalue weighted by atomic mass is 10.0. The summed E-state index contributed by atoms with van der Waals surface area (Å²) >= 11 is 3.32. The minimum atomic E-state index is -4.24. The van der Waals surface area contributed by atoms with Crippen molar-refractivity contribution in [3.63, 3.8) is 0 Å². The molecule has 1 aliphatic heterocycles. The minimum absolute atomic E-state index is 0.0311. The molecular formula is C25H18BrNO4S. The number of hydrogen-bond acceptors (Lipinski definition) is 5. The fourth-order valence-corrected chi connectivity index (χ4v) is 6.17. The van der Waals surface area contributed by atoms with Crippen LogP contribution in [0, 0.1) is 6.92 Å². The van der Waals surface area contributed by atoms with Gasteiger partial charge in [0.1, 0.15) is 10.4 Å². The van der Waals surface area contributed by atoms with E-state index in [4.69, 9.17) is 4.74 Å². The number of benzene rings is 3. The number of carbonyl (C=O) groups excluding carboxylic acids is 1. The Kier molecular flexibility index (Phi) is 4.91. The molecule has 0 spiro atoms. The summed E-state index contributed by atoms with van der Waals surface area (Å²) in [6, 6.07) is 22.5. The van der Waals surface area contributed by atoms with Gasteiger partial charge < -0.3 is 4.74 Å². The van der Waals surface area contributed by atoms with Gasteiger partial charge in [0, 0.05) is 11.1 Å². The molecule has 0 aliphatic carbocycles. The fraction of sp³-hybridized carbons (Fsp3) is 0.120. The molecular weight excluding hydrogens is 490 g/mol. The van der Waals surface area contributed by atoms with Crippen molar-refractivity contribution >= 4 is 42.3 Å². The van der Waals surface area contributed by atoms with Gasteiger partial charge in [-0.25, -0.2) is 13.4 Å². The van der Waals surface area contributed by atoms with Gasteiger partial charge in [-0.2, -0.15) is 0 Å². The van der Waals surface area contributed by atoms with Crippen LogP contribution in [0.4, 0.5) is 0 Å². The molecule has 2 heterocycles. The SMILES string of the molecule is Cc1ccc(S(=O)(=O)[C@@]2(Cc3cccc(Br)n3)Oc3c(ccc4ccccc34)C2=O)cc1. The average molecular weight is 508 g/mol. The Labute approximate surface area is 194 Å². The third kappa shape index (κ3) is 3.15. The molecule has 1 aromatic heterocycles. The average Bonchev–Trinajstić information content (AvgIpc) is 3.07. The number of aromatic nitrogens is 1. The van der Waals surface area contributed by atoms with Crippen molar-refractivity contribution in [1.29, 1.82) is 0 Å². The van der Waals surface area contributed by atoms with E-state index in [1.54, 1.807) is 42.5 Å². The van der Waals surface area contributed by atoms with E-state index in [1.165, 1.54) is 12.1 Å². The molecule has 160 valence electrons. The zero-order valence-electron chi connectivity index (χ0n) is 17.1. The number of Topliss-reactive ketones (excluding diaryl/α,β-unsaturated/α-hetero) is 1. The molecule has 1 atom stereocenters. The largest absolute Gasteiger partial charge is 0.461 e. The first kappa shape index (κ1) is 20.8. The molecule has 0 saturated carbocycles. The summed E-state index contributed by atoms with van der Waals surface area (Å²) in [5.41, 5.74) is 1.61. The van der Waals surface area contributed by atoms with Crippen LogP contribution < -0.4 is 4.74 Å². The maximum atomic E-state index is 14.0. The maximum absolute atomic E-state index is 14.0. The molecule has 0 fully saturated rings. The molecule has 7 heteroatoms. The lowest BCUT2D eigenvalue weighted by molar-refractivity contribution is 0.0784. The van der Waals surface area contributed by atoms with Crippen molar-refractivity contribution in [2.75, 3.05) is 0 Å². The Morgan fingerprint density at radius 1 is 0.938 bits per heavy atom. The van der Waals surface area contributed by atoms with E-state index >= 15 is 0 Å². The maximum Gasteiger partial charge on any atom is 0.280 e. The number of ether oxygens (including phenoxy) is 1. The van der Waals surface area contributed by atoms with Crippen LogP contribution in [0.5, 0.6) is 5.75 Å². The Bertz CT molecular complexity index is 1480. The number of sulfone groups is 1. The van der Waals surface area contributed by atoms with Gasteiger partial charge >= 0.3 is 0 Å².